The fraction of sp³-hybridized carbons (Fsp3) is 0.357. The van der Waals surface area contributed by atoms with Crippen molar-refractivity contribution in [3.63, 3.8) is 0 Å². The molecule has 2 atom stereocenters. The topological polar surface area (TPSA) is 125 Å². The van der Waals surface area contributed by atoms with E-state index in [1.807, 2.05) is 6.07 Å². The van der Waals surface area contributed by atoms with E-state index < -0.39 is 36.7 Å². The van der Waals surface area contributed by atoms with Gasteiger partial charge in [-0.25, -0.2) is 9.59 Å². The molecule has 9 heteroatoms. The Balaban J connectivity index is 2.49. The number of thiol groups is 1. The number of aliphatic carboxylic acids is 1. The summed E-state index contributed by atoms with van der Waals surface area (Å²) in [5.74, 6) is -2.23. The number of ether oxygens (including phenoxy) is 1. The number of aliphatic hydroxyl groups excluding tert-OH is 1. The smallest absolute Gasteiger partial charge is 0.408 e. The Labute approximate surface area is 138 Å². The van der Waals surface area contributed by atoms with Crippen LogP contribution in [0.5, 0.6) is 0 Å². The highest BCUT2D eigenvalue weighted by atomic mass is 32.1. The Hall–Kier alpha value is -2.26. The number of rotatable bonds is 8. The Bertz CT molecular complexity index is 539. The summed E-state index contributed by atoms with van der Waals surface area (Å²) in [6.45, 7) is -0.735. The maximum atomic E-state index is 11.9. The van der Waals surface area contributed by atoms with Crippen molar-refractivity contribution in [2.45, 2.75) is 18.7 Å². The van der Waals surface area contributed by atoms with E-state index in [2.05, 4.69) is 23.3 Å². The molecule has 8 nitrogen and oxygen atoms in total. The molecule has 0 aromatic heterocycles. The number of benzene rings is 1. The zero-order chi connectivity index (χ0) is 17.2. The predicted molar refractivity (Wildman–Crippen MR) is 84.1 cm³/mol. The first kappa shape index (κ1) is 18.8. The maximum absolute atomic E-state index is 11.9. The summed E-state index contributed by atoms with van der Waals surface area (Å²) in [6.07, 6.45) is -0.834. The minimum absolute atomic E-state index is 0.0297. The molecule has 1 aromatic rings. The van der Waals surface area contributed by atoms with Gasteiger partial charge in [0.15, 0.2) is 0 Å². The second kappa shape index (κ2) is 9.70. The molecule has 0 spiro atoms. The zero-order valence-electron chi connectivity index (χ0n) is 12.1. The van der Waals surface area contributed by atoms with Gasteiger partial charge in [-0.1, -0.05) is 30.3 Å². The van der Waals surface area contributed by atoms with Crippen LogP contribution in [0.3, 0.4) is 0 Å². The molecule has 0 fully saturated rings. The molecule has 0 aliphatic carbocycles. The molecule has 4 N–H and O–H groups in total. The van der Waals surface area contributed by atoms with Gasteiger partial charge in [-0.05, 0) is 5.56 Å². The van der Waals surface area contributed by atoms with E-state index in [-0.39, 0.29) is 12.4 Å². The molecule has 0 saturated heterocycles. The van der Waals surface area contributed by atoms with Crippen LogP contribution in [0.2, 0.25) is 0 Å². The van der Waals surface area contributed by atoms with Gasteiger partial charge < -0.3 is 25.6 Å². The fourth-order valence-corrected chi connectivity index (χ4v) is 1.82. The minimum Gasteiger partial charge on any atom is -0.480 e. The van der Waals surface area contributed by atoms with Crippen LogP contribution in [0.15, 0.2) is 30.3 Å². The number of carbonyl (C=O) groups is 3. The summed E-state index contributed by atoms with van der Waals surface area (Å²) < 4.78 is 4.96. The van der Waals surface area contributed by atoms with E-state index in [1.54, 1.807) is 24.3 Å². The Morgan fingerprint density at radius 1 is 1.13 bits per heavy atom. The molecule has 0 bridgehead atoms. The third kappa shape index (κ3) is 6.57. The van der Waals surface area contributed by atoms with Crippen LogP contribution in [0, 0.1) is 0 Å². The number of nitrogens with one attached hydrogen (secondary N) is 2. The van der Waals surface area contributed by atoms with Crippen LogP contribution < -0.4 is 10.6 Å². The predicted octanol–water partition coefficient (Wildman–Crippen LogP) is -0.227. The Kier molecular flexibility index (Phi) is 7.92. The number of hydrogen-bond donors (Lipinski definition) is 5. The van der Waals surface area contributed by atoms with Gasteiger partial charge in [-0.2, -0.15) is 12.6 Å². The highest BCUT2D eigenvalue weighted by Gasteiger charge is 2.25. The SMILES string of the molecule is O=C(N[C@@H](CS)C(=O)N[C@@H](CO)C(=O)O)OCc1ccccc1. The summed E-state index contributed by atoms with van der Waals surface area (Å²) in [5.41, 5.74) is 0.778. The second-order valence-electron chi connectivity index (χ2n) is 4.52. The molecule has 0 unspecified atom stereocenters. The lowest BCUT2D eigenvalue weighted by molar-refractivity contribution is -0.143. The number of carboxylic acid groups (broad SMARTS) is 1. The monoisotopic (exact) mass is 342 g/mol. The van der Waals surface area contributed by atoms with E-state index in [1.165, 1.54) is 0 Å². The van der Waals surface area contributed by atoms with Gasteiger partial charge >= 0.3 is 12.1 Å². The molecule has 0 saturated carbocycles. The Morgan fingerprint density at radius 3 is 2.30 bits per heavy atom. The van der Waals surface area contributed by atoms with Crippen LogP contribution in [0.4, 0.5) is 4.79 Å². The number of hydrogen-bond acceptors (Lipinski definition) is 6. The molecule has 23 heavy (non-hydrogen) atoms. The zero-order valence-corrected chi connectivity index (χ0v) is 13.0. The lowest BCUT2D eigenvalue weighted by atomic mass is 10.2. The highest BCUT2D eigenvalue weighted by molar-refractivity contribution is 7.80. The van der Waals surface area contributed by atoms with Crippen molar-refractivity contribution in [1.29, 1.82) is 0 Å². The first-order chi connectivity index (χ1) is 11.0. The van der Waals surface area contributed by atoms with E-state index in [9.17, 15) is 14.4 Å². The largest absolute Gasteiger partial charge is 0.480 e. The summed E-state index contributed by atoms with van der Waals surface area (Å²) in [7, 11) is 0. The van der Waals surface area contributed by atoms with Crippen molar-refractivity contribution in [1.82, 2.24) is 10.6 Å². The third-order valence-electron chi connectivity index (χ3n) is 2.80. The molecular weight excluding hydrogens is 324 g/mol. The average molecular weight is 342 g/mol. The van der Waals surface area contributed by atoms with Crippen molar-refractivity contribution in [2.24, 2.45) is 0 Å². The van der Waals surface area contributed by atoms with Crippen molar-refractivity contribution >= 4 is 30.6 Å². The van der Waals surface area contributed by atoms with E-state index in [0.29, 0.717) is 0 Å². The first-order valence-corrected chi connectivity index (χ1v) is 7.33. The first-order valence-electron chi connectivity index (χ1n) is 6.70. The molecule has 0 aliphatic heterocycles. The number of carbonyl (C=O) groups excluding carboxylic acids is 2. The number of alkyl carbamates (subject to hydrolysis) is 1. The number of amides is 2. The van der Waals surface area contributed by atoms with Crippen LogP contribution in [-0.4, -0.2) is 52.6 Å². The van der Waals surface area contributed by atoms with E-state index >= 15 is 0 Å². The Morgan fingerprint density at radius 2 is 1.78 bits per heavy atom. The standard InChI is InChI=1S/C14H18N2O6S/c17-6-10(13(19)20)15-12(18)11(8-23)16-14(21)22-7-9-4-2-1-3-5-9/h1-5,10-11,17,23H,6-8H2,(H,15,18)(H,16,21)(H,19,20)/t10-,11-/m0/s1. The van der Waals surface area contributed by atoms with Crippen LogP contribution in [0.25, 0.3) is 0 Å². The second-order valence-corrected chi connectivity index (χ2v) is 4.89. The lowest BCUT2D eigenvalue weighted by Crippen LogP contribution is -2.53. The van der Waals surface area contributed by atoms with Crippen LogP contribution >= 0.6 is 12.6 Å². The fourth-order valence-electron chi connectivity index (χ4n) is 1.56. The van der Waals surface area contributed by atoms with Crippen LogP contribution in [0.1, 0.15) is 5.56 Å². The molecule has 0 heterocycles. The van der Waals surface area contributed by atoms with Gasteiger partial charge in [0.25, 0.3) is 0 Å². The lowest BCUT2D eigenvalue weighted by Gasteiger charge is -2.18. The summed E-state index contributed by atoms with van der Waals surface area (Å²) in [4.78, 5) is 34.3. The highest BCUT2D eigenvalue weighted by Crippen LogP contribution is 2.01. The molecule has 0 aliphatic rings. The van der Waals surface area contributed by atoms with Crippen LogP contribution in [-0.2, 0) is 20.9 Å². The van der Waals surface area contributed by atoms with Gasteiger partial charge in [-0.3, -0.25) is 4.79 Å². The van der Waals surface area contributed by atoms with Crippen molar-refractivity contribution in [3.05, 3.63) is 35.9 Å². The van der Waals surface area contributed by atoms with Crippen molar-refractivity contribution < 1.29 is 29.3 Å². The number of carboxylic acids is 1. The summed E-state index contributed by atoms with van der Waals surface area (Å²) in [5, 5.41) is 22.0. The molecule has 1 aromatic carbocycles. The van der Waals surface area contributed by atoms with Crippen molar-refractivity contribution in [3.8, 4) is 0 Å². The van der Waals surface area contributed by atoms with Crippen molar-refractivity contribution in [2.75, 3.05) is 12.4 Å². The quantitative estimate of drug-likeness (QED) is 0.416. The van der Waals surface area contributed by atoms with Gasteiger partial charge in [-0.15, -0.1) is 0 Å². The molecule has 0 radical (unpaired) electrons. The van der Waals surface area contributed by atoms with Gasteiger partial charge in [0, 0.05) is 5.75 Å². The van der Waals surface area contributed by atoms with Gasteiger partial charge in [0.05, 0.1) is 6.61 Å². The molecule has 2 amide bonds. The molecular formula is C14H18N2O6S. The van der Waals surface area contributed by atoms with E-state index in [4.69, 9.17) is 14.9 Å². The van der Waals surface area contributed by atoms with Gasteiger partial charge in [0.1, 0.15) is 18.7 Å². The molecule has 126 valence electrons. The molecule has 1 rings (SSSR count). The summed E-state index contributed by atoms with van der Waals surface area (Å²) >= 11 is 3.93. The average Bonchev–Trinajstić information content (AvgIpc) is 2.56. The summed E-state index contributed by atoms with van der Waals surface area (Å²) in [6, 6.07) is 6.42. The third-order valence-corrected chi connectivity index (χ3v) is 3.17. The number of aliphatic hydroxyl groups is 1. The normalized spacial score (nSPS) is 12.8. The van der Waals surface area contributed by atoms with E-state index in [0.717, 1.165) is 5.56 Å². The maximum Gasteiger partial charge on any atom is 0.408 e. The van der Waals surface area contributed by atoms with Gasteiger partial charge in [0.2, 0.25) is 5.91 Å². The minimum atomic E-state index is -1.45.